The molecule has 3 aromatic rings. The number of benzene rings is 1. The van der Waals surface area contributed by atoms with Crippen LogP contribution in [0.15, 0.2) is 42.6 Å². The number of pyridine rings is 1. The lowest BCUT2D eigenvalue weighted by Crippen LogP contribution is -2.06. The Labute approximate surface area is 122 Å². The van der Waals surface area contributed by atoms with Gasteiger partial charge in [0, 0.05) is 11.8 Å². The molecule has 3 rings (SSSR count). The van der Waals surface area contributed by atoms with Crippen LogP contribution in [0.3, 0.4) is 0 Å². The molecule has 0 aliphatic rings. The van der Waals surface area contributed by atoms with E-state index >= 15 is 0 Å². The first-order chi connectivity index (χ1) is 10.5. The van der Waals surface area contributed by atoms with E-state index < -0.39 is 11.7 Å². The molecule has 0 saturated heterocycles. The molecule has 0 fully saturated rings. The molecule has 0 aliphatic heterocycles. The number of nitrogens with zero attached hydrogens (tertiary/aromatic N) is 4. The number of hydrogen-bond donors (Lipinski definition) is 2. The number of H-pyrrole nitrogens is 1. The number of para-hydroxylation sites is 1. The smallest absolute Gasteiger partial charge is 0.340 e. The minimum atomic E-state index is -4.42. The van der Waals surface area contributed by atoms with Gasteiger partial charge in [-0.05, 0) is 29.5 Å². The Kier molecular flexibility index (Phi) is 3.45. The molecule has 2 aromatic heterocycles. The number of anilines is 2. The van der Waals surface area contributed by atoms with Crippen molar-refractivity contribution in [2.45, 2.75) is 6.18 Å². The molecular formula is C13H9F3N6. The molecule has 0 saturated carbocycles. The zero-order valence-corrected chi connectivity index (χ0v) is 11.0. The largest absolute Gasteiger partial charge is 0.416 e. The van der Waals surface area contributed by atoms with E-state index in [1.807, 2.05) is 0 Å². The quantitative estimate of drug-likeness (QED) is 0.777. The van der Waals surface area contributed by atoms with Crippen molar-refractivity contribution in [1.82, 2.24) is 25.6 Å². The maximum Gasteiger partial charge on any atom is 0.416 e. The van der Waals surface area contributed by atoms with Gasteiger partial charge in [0.15, 0.2) is 0 Å². The summed E-state index contributed by atoms with van der Waals surface area (Å²) < 4.78 is 38.2. The van der Waals surface area contributed by atoms with E-state index in [1.165, 1.54) is 0 Å². The van der Waals surface area contributed by atoms with Gasteiger partial charge in [-0.25, -0.2) is 4.98 Å². The molecule has 0 radical (unpaired) electrons. The summed E-state index contributed by atoms with van der Waals surface area (Å²) in [5, 5.41) is 16.3. The second-order valence-corrected chi connectivity index (χ2v) is 4.33. The van der Waals surface area contributed by atoms with E-state index in [9.17, 15) is 13.2 Å². The molecule has 22 heavy (non-hydrogen) atoms. The third-order valence-corrected chi connectivity index (χ3v) is 2.86. The topological polar surface area (TPSA) is 79.4 Å². The SMILES string of the molecule is FC(F)(F)c1ccnc(Nc2ccccc2-c2nn[nH]n2)c1. The molecule has 0 atom stereocenters. The average molecular weight is 306 g/mol. The predicted molar refractivity (Wildman–Crippen MR) is 72.1 cm³/mol. The lowest BCUT2D eigenvalue weighted by Gasteiger charge is -2.11. The highest BCUT2D eigenvalue weighted by Crippen LogP contribution is 2.32. The van der Waals surface area contributed by atoms with Crippen molar-refractivity contribution in [1.29, 1.82) is 0 Å². The number of tetrazole rings is 1. The monoisotopic (exact) mass is 306 g/mol. The summed E-state index contributed by atoms with van der Waals surface area (Å²) in [6.45, 7) is 0. The molecule has 9 heteroatoms. The van der Waals surface area contributed by atoms with Crippen LogP contribution >= 0.6 is 0 Å². The number of aromatic nitrogens is 5. The van der Waals surface area contributed by atoms with Crippen LogP contribution in [-0.2, 0) is 6.18 Å². The zero-order valence-electron chi connectivity index (χ0n) is 11.0. The number of halogens is 3. The van der Waals surface area contributed by atoms with Gasteiger partial charge in [0.2, 0.25) is 5.82 Å². The van der Waals surface area contributed by atoms with Crippen molar-refractivity contribution < 1.29 is 13.2 Å². The first kappa shape index (κ1) is 14.0. The molecule has 1 aromatic carbocycles. The van der Waals surface area contributed by atoms with Gasteiger partial charge in [0.25, 0.3) is 0 Å². The molecule has 0 spiro atoms. The number of rotatable bonds is 3. The molecule has 0 unspecified atom stereocenters. The molecule has 0 aliphatic carbocycles. The van der Waals surface area contributed by atoms with Gasteiger partial charge in [-0.1, -0.05) is 12.1 Å². The van der Waals surface area contributed by atoms with Gasteiger partial charge in [0.1, 0.15) is 5.82 Å². The van der Waals surface area contributed by atoms with Gasteiger partial charge < -0.3 is 5.32 Å². The molecule has 2 N–H and O–H groups in total. The lowest BCUT2D eigenvalue weighted by atomic mass is 10.1. The Morgan fingerprint density at radius 3 is 2.64 bits per heavy atom. The van der Waals surface area contributed by atoms with Crippen molar-refractivity contribution in [2.75, 3.05) is 5.32 Å². The first-order valence-electron chi connectivity index (χ1n) is 6.17. The summed E-state index contributed by atoms with van der Waals surface area (Å²) in [5.74, 6) is 0.404. The number of aromatic amines is 1. The third kappa shape index (κ3) is 2.87. The molecule has 2 heterocycles. The second-order valence-electron chi connectivity index (χ2n) is 4.33. The van der Waals surface area contributed by atoms with Crippen LogP contribution in [0.2, 0.25) is 0 Å². The summed E-state index contributed by atoms with van der Waals surface area (Å²) in [4.78, 5) is 3.90. The Balaban J connectivity index is 1.95. The van der Waals surface area contributed by atoms with Gasteiger partial charge in [-0.2, -0.15) is 18.4 Å². The van der Waals surface area contributed by atoms with Crippen LogP contribution < -0.4 is 5.32 Å². The number of hydrogen-bond acceptors (Lipinski definition) is 5. The van der Waals surface area contributed by atoms with Gasteiger partial charge in [0.05, 0.1) is 11.3 Å². The summed E-state index contributed by atoms with van der Waals surface area (Å²) in [6, 6.07) is 8.76. The maximum absolute atomic E-state index is 12.7. The molecular weight excluding hydrogens is 297 g/mol. The van der Waals surface area contributed by atoms with E-state index in [2.05, 4.69) is 30.9 Å². The third-order valence-electron chi connectivity index (χ3n) is 2.86. The normalized spacial score (nSPS) is 11.4. The first-order valence-corrected chi connectivity index (χ1v) is 6.17. The Morgan fingerprint density at radius 2 is 1.91 bits per heavy atom. The highest BCUT2D eigenvalue weighted by atomic mass is 19.4. The van der Waals surface area contributed by atoms with E-state index in [-0.39, 0.29) is 5.82 Å². The molecule has 6 nitrogen and oxygen atoms in total. The van der Waals surface area contributed by atoms with Crippen LogP contribution in [0.25, 0.3) is 11.4 Å². The van der Waals surface area contributed by atoms with Crippen LogP contribution in [0, 0.1) is 0 Å². The van der Waals surface area contributed by atoms with Gasteiger partial charge in [-0.15, -0.1) is 10.2 Å². The highest BCUT2D eigenvalue weighted by molar-refractivity contribution is 5.76. The minimum Gasteiger partial charge on any atom is -0.340 e. The molecule has 0 amide bonds. The van der Waals surface area contributed by atoms with Crippen molar-refractivity contribution in [3.05, 3.63) is 48.2 Å². The van der Waals surface area contributed by atoms with Crippen molar-refractivity contribution >= 4 is 11.5 Å². The predicted octanol–water partition coefficient (Wildman–Crippen LogP) is 3.02. The Hall–Kier alpha value is -2.97. The van der Waals surface area contributed by atoms with E-state index in [4.69, 9.17) is 0 Å². The second kappa shape index (κ2) is 5.43. The fraction of sp³-hybridized carbons (Fsp3) is 0.0769. The van der Waals surface area contributed by atoms with Crippen molar-refractivity contribution in [3.63, 3.8) is 0 Å². The number of alkyl halides is 3. The summed E-state index contributed by atoms with van der Waals surface area (Å²) in [6.07, 6.45) is -3.32. The minimum absolute atomic E-state index is 0.0748. The van der Waals surface area contributed by atoms with E-state index in [0.717, 1.165) is 18.3 Å². The van der Waals surface area contributed by atoms with Crippen molar-refractivity contribution in [3.8, 4) is 11.4 Å². The molecule has 112 valence electrons. The molecule has 0 bridgehead atoms. The Bertz CT molecular complexity index is 769. The number of nitrogens with one attached hydrogen (secondary N) is 2. The van der Waals surface area contributed by atoms with Gasteiger partial charge >= 0.3 is 6.18 Å². The fourth-order valence-electron chi connectivity index (χ4n) is 1.88. The van der Waals surface area contributed by atoms with Crippen LogP contribution in [-0.4, -0.2) is 25.6 Å². The van der Waals surface area contributed by atoms with Crippen molar-refractivity contribution in [2.24, 2.45) is 0 Å². The fourth-order valence-corrected chi connectivity index (χ4v) is 1.88. The zero-order chi connectivity index (χ0) is 15.6. The van der Waals surface area contributed by atoms with E-state index in [1.54, 1.807) is 24.3 Å². The van der Waals surface area contributed by atoms with Crippen LogP contribution in [0.5, 0.6) is 0 Å². The van der Waals surface area contributed by atoms with Crippen LogP contribution in [0.1, 0.15) is 5.56 Å². The standard InChI is InChI=1S/C13H9F3N6/c14-13(15,16)8-5-6-17-11(7-8)18-10-4-2-1-3-9(10)12-19-21-22-20-12/h1-7H,(H,17,18)(H,19,20,21,22). The van der Waals surface area contributed by atoms with Gasteiger partial charge in [-0.3, -0.25) is 0 Å². The van der Waals surface area contributed by atoms with Crippen LogP contribution in [0.4, 0.5) is 24.7 Å². The summed E-state index contributed by atoms with van der Waals surface area (Å²) in [5.41, 5.74) is 0.341. The Morgan fingerprint density at radius 1 is 1.09 bits per heavy atom. The lowest BCUT2D eigenvalue weighted by molar-refractivity contribution is -0.137. The summed E-state index contributed by atoms with van der Waals surface area (Å²) in [7, 11) is 0. The van der Waals surface area contributed by atoms with E-state index in [0.29, 0.717) is 17.1 Å². The average Bonchev–Trinajstić information content (AvgIpc) is 3.01. The summed E-state index contributed by atoms with van der Waals surface area (Å²) >= 11 is 0. The highest BCUT2D eigenvalue weighted by Gasteiger charge is 2.30. The maximum atomic E-state index is 12.7.